The van der Waals surface area contributed by atoms with E-state index >= 15 is 0 Å². The van der Waals surface area contributed by atoms with Crippen LogP contribution >= 0.6 is 0 Å². The fourth-order valence-electron chi connectivity index (χ4n) is 4.41. The summed E-state index contributed by atoms with van der Waals surface area (Å²) in [6.45, 7) is 0.966. The molecule has 0 amide bonds. The number of carbonyl (C=O) groups excluding carboxylic acids is 4. The number of carbonyl (C=O) groups is 4. The molecule has 0 spiro atoms. The molecule has 190 valence electrons. The molecule has 0 bridgehead atoms. The Kier molecular flexibility index (Phi) is 7.15. The Morgan fingerprint density at radius 1 is 0.730 bits per heavy atom. The predicted molar refractivity (Wildman–Crippen MR) is 129 cm³/mol. The van der Waals surface area contributed by atoms with Gasteiger partial charge < -0.3 is 24.8 Å². The molecule has 9 heteroatoms. The highest BCUT2D eigenvalue weighted by Crippen LogP contribution is 2.46. The number of ketones is 3. The standard InChI is InChI=1S/C28H24O9/c1-17(29)36-26-28(35,24(33)20-15-9-4-10-16-20)27(34,23(32)19-13-7-3-8-14-19)25(37-26)22(31)21(30)18-11-5-2-6-12-18/h2-16,22,25-26,31,34-35H,1H3/t22?,25-,26?,27-,28+/m1/s1. The molecule has 4 rings (SSSR count). The van der Waals surface area contributed by atoms with Crippen molar-refractivity contribution in [3.63, 3.8) is 0 Å². The first-order valence-corrected chi connectivity index (χ1v) is 11.4. The summed E-state index contributed by atoms with van der Waals surface area (Å²) < 4.78 is 10.6. The Hall–Kier alpha value is -4.02. The predicted octanol–water partition coefficient (Wildman–Crippen LogP) is 1.75. The summed E-state index contributed by atoms with van der Waals surface area (Å²) in [5.41, 5.74) is -6.78. The molecule has 1 saturated heterocycles. The molecule has 3 N–H and O–H groups in total. The van der Waals surface area contributed by atoms with Gasteiger partial charge in [0.25, 0.3) is 0 Å². The van der Waals surface area contributed by atoms with Gasteiger partial charge in [-0.25, -0.2) is 0 Å². The van der Waals surface area contributed by atoms with Gasteiger partial charge >= 0.3 is 5.97 Å². The average Bonchev–Trinajstić information content (AvgIpc) is 3.15. The zero-order valence-corrected chi connectivity index (χ0v) is 19.7. The van der Waals surface area contributed by atoms with Crippen LogP contribution in [0.4, 0.5) is 0 Å². The van der Waals surface area contributed by atoms with Crippen molar-refractivity contribution in [3.05, 3.63) is 108 Å². The highest BCUT2D eigenvalue weighted by Gasteiger charge is 2.76. The minimum absolute atomic E-state index is 0.0157. The summed E-state index contributed by atoms with van der Waals surface area (Å²) in [7, 11) is 0. The summed E-state index contributed by atoms with van der Waals surface area (Å²) >= 11 is 0. The number of Topliss-reactive ketones (excluding diaryl/α,β-unsaturated/α-hetero) is 3. The first-order valence-electron chi connectivity index (χ1n) is 11.4. The zero-order chi connectivity index (χ0) is 26.8. The summed E-state index contributed by atoms with van der Waals surface area (Å²) in [6, 6.07) is 21.9. The number of esters is 1. The molecule has 1 fully saturated rings. The number of aliphatic hydroxyl groups excluding tert-OH is 1. The highest BCUT2D eigenvalue weighted by atomic mass is 16.7. The smallest absolute Gasteiger partial charge is 0.305 e. The molecule has 0 aromatic heterocycles. The van der Waals surface area contributed by atoms with E-state index in [-0.39, 0.29) is 16.7 Å². The average molecular weight is 504 g/mol. The lowest BCUT2D eigenvalue weighted by Crippen LogP contribution is -2.69. The Morgan fingerprint density at radius 3 is 1.57 bits per heavy atom. The topological polar surface area (TPSA) is 147 Å². The fraction of sp³-hybridized carbons (Fsp3) is 0.214. The minimum atomic E-state index is -3.26. The number of ether oxygens (including phenoxy) is 2. The van der Waals surface area contributed by atoms with Crippen LogP contribution in [-0.2, 0) is 14.3 Å². The third-order valence-corrected chi connectivity index (χ3v) is 6.26. The largest absolute Gasteiger partial charge is 0.432 e. The second kappa shape index (κ2) is 10.2. The van der Waals surface area contributed by atoms with Crippen molar-refractivity contribution < 1.29 is 44.0 Å². The van der Waals surface area contributed by atoms with E-state index in [0.717, 1.165) is 6.92 Å². The first kappa shape index (κ1) is 26.1. The van der Waals surface area contributed by atoms with Crippen LogP contribution in [0.1, 0.15) is 38.0 Å². The maximum absolute atomic E-state index is 13.8. The summed E-state index contributed by atoms with van der Waals surface area (Å²) in [4.78, 5) is 52.6. The van der Waals surface area contributed by atoms with Gasteiger partial charge in [-0.05, 0) is 0 Å². The number of rotatable bonds is 8. The van der Waals surface area contributed by atoms with Crippen LogP contribution in [0.15, 0.2) is 91.0 Å². The third-order valence-electron chi connectivity index (χ3n) is 6.26. The lowest BCUT2D eigenvalue weighted by Gasteiger charge is -2.38. The van der Waals surface area contributed by atoms with Crippen molar-refractivity contribution in [3.8, 4) is 0 Å². The third kappa shape index (κ3) is 4.38. The van der Waals surface area contributed by atoms with Crippen molar-refractivity contribution in [1.29, 1.82) is 0 Å². The van der Waals surface area contributed by atoms with E-state index in [1.807, 2.05) is 0 Å². The monoisotopic (exact) mass is 504 g/mol. The van der Waals surface area contributed by atoms with Crippen LogP contribution in [-0.4, -0.2) is 68.3 Å². The van der Waals surface area contributed by atoms with E-state index in [4.69, 9.17) is 9.47 Å². The van der Waals surface area contributed by atoms with E-state index < -0.39 is 53.0 Å². The highest BCUT2D eigenvalue weighted by molar-refractivity contribution is 6.14. The molecule has 9 nitrogen and oxygen atoms in total. The van der Waals surface area contributed by atoms with Crippen LogP contribution in [0.3, 0.4) is 0 Å². The van der Waals surface area contributed by atoms with Gasteiger partial charge in [0.05, 0.1) is 0 Å². The molecule has 37 heavy (non-hydrogen) atoms. The Labute approximate surface area is 211 Å². The first-order chi connectivity index (χ1) is 17.6. The number of benzene rings is 3. The van der Waals surface area contributed by atoms with Crippen LogP contribution in [0, 0.1) is 0 Å². The van der Waals surface area contributed by atoms with Crippen molar-refractivity contribution in [2.45, 2.75) is 36.6 Å². The molecular weight excluding hydrogens is 480 g/mol. The summed E-state index contributed by atoms with van der Waals surface area (Å²) in [5, 5.41) is 35.0. The van der Waals surface area contributed by atoms with Gasteiger partial charge in [0.1, 0.15) is 12.2 Å². The second-order valence-corrected chi connectivity index (χ2v) is 8.60. The zero-order valence-electron chi connectivity index (χ0n) is 19.7. The summed E-state index contributed by atoms with van der Waals surface area (Å²) in [6.07, 6.45) is -6.68. The maximum Gasteiger partial charge on any atom is 0.305 e. The maximum atomic E-state index is 13.8. The Bertz CT molecular complexity index is 1310. The number of hydrogen-bond donors (Lipinski definition) is 3. The van der Waals surface area contributed by atoms with Gasteiger partial charge in [-0.15, -0.1) is 0 Å². The molecule has 0 saturated carbocycles. The van der Waals surface area contributed by atoms with E-state index in [2.05, 4.69) is 0 Å². The lowest BCUT2D eigenvalue weighted by atomic mass is 9.70. The molecule has 5 atom stereocenters. The van der Waals surface area contributed by atoms with Crippen molar-refractivity contribution in [2.24, 2.45) is 0 Å². The Balaban J connectivity index is 1.92. The van der Waals surface area contributed by atoms with Crippen molar-refractivity contribution in [2.75, 3.05) is 0 Å². The molecule has 1 aliphatic rings. The quantitative estimate of drug-likeness (QED) is 0.308. The Morgan fingerprint density at radius 2 is 1.14 bits per heavy atom. The van der Waals surface area contributed by atoms with Gasteiger partial charge in [-0.1, -0.05) is 91.0 Å². The fourth-order valence-corrected chi connectivity index (χ4v) is 4.41. The van der Waals surface area contributed by atoms with Crippen LogP contribution in [0.2, 0.25) is 0 Å². The van der Waals surface area contributed by atoms with Crippen molar-refractivity contribution >= 4 is 23.3 Å². The SMILES string of the molecule is CC(=O)OC1O[C@H](C(O)C(=O)c2ccccc2)[C@](O)(C(=O)c2ccccc2)[C@]1(O)C(=O)c1ccccc1. The van der Waals surface area contributed by atoms with E-state index in [0.29, 0.717) is 0 Å². The number of aliphatic hydroxyl groups is 3. The summed E-state index contributed by atoms with van der Waals surface area (Å²) in [5.74, 6) is -4.40. The molecule has 3 aromatic carbocycles. The van der Waals surface area contributed by atoms with Crippen LogP contribution in [0.25, 0.3) is 0 Å². The van der Waals surface area contributed by atoms with Crippen LogP contribution in [0.5, 0.6) is 0 Å². The van der Waals surface area contributed by atoms with Crippen molar-refractivity contribution in [1.82, 2.24) is 0 Å². The molecule has 1 heterocycles. The molecule has 1 aliphatic heterocycles. The minimum Gasteiger partial charge on any atom is -0.432 e. The van der Waals surface area contributed by atoms with Crippen LogP contribution < -0.4 is 0 Å². The van der Waals surface area contributed by atoms with Gasteiger partial charge in [-0.3, -0.25) is 19.2 Å². The van der Waals surface area contributed by atoms with E-state index in [1.165, 1.54) is 72.8 Å². The number of hydrogen-bond acceptors (Lipinski definition) is 9. The second-order valence-electron chi connectivity index (χ2n) is 8.60. The molecule has 2 unspecified atom stereocenters. The van der Waals surface area contributed by atoms with Gasteiger partial charge in [0.15, 0.2) is 11.4 Å². The molecule has 0 aliphatic carbocycles. The molecular formula is C28H24O9. The lowest BCUT2D eigenvalue weighted by molar-refractivity contribution is -0.201. The van der Waals surface area contributed by atoms with E-state index in [1.54, 1.807) is 18.2 Å². The molecule has 0 radical (unpaired) electrons. The normalized spacial score (nSPS) is 25.7. The van der Waals surface area contributed by atoms with Gasteiger partial charge in [0.2, 0.25) is 23.5 Å². The van der Waals surface area contributed by atoms with Gasteiger partial charge in [-0.2, -0.15) is 0 Å². The molecule has 3 aromatic rings. The van der Waals surface area contributed by atoms with Gasteiger partial charge in [0, 0.05) is 23.6 Å². The van der Waals surface area contributed by atoms with E-state index in [9.17, 15) is 34.5 Å².